The first-order valence-electron chi connectivity index (χ1n) is 11.6. The van der Waals surface area contributed by atoms with Crippen molar-refractivity contribution in [2.24, 2.45) is 0 Å². The molecule has 23 heavy (non-hydrogen) atoms. The molecule has 1 aromatic carbocycles. The maximum Gasteiger partial charge on any atom is 0.211 e. The zero-order valence-corrected chi connectivity index (χ0v) is 12.5. The van der Waals surface area contributed by atoms with E-state index in [0.29, 0.717) is 6.54 Å². The number of benzene rings is 1. The number of methoxy groups -OCH3 is 1. The average Bonchev–Trinajstić information content (AvgIpc) is 2.98. The first kappa shape index (κ1) is 7.99. The van der Waals surface area contributed by atoms with Gasteiger partial charge in [-0.25, -0.2) is 0 Å². The van der Waals surface area contributed by atoms with Crippen molar-refractivity contribution in [3.8, 4) is 11.5 Å². The Bertz CT molecular complexity index is 998. The number of aliphatic hydroxyl groups is 1. The Hall–Kier alpha value is -1.59. The molecular formula is C18H21NO4. The molecule has 0 radical (unpaired) electrons. The summed E-state index contributed by atoms with van der Waals surface area (Å²) in [5.74, 6) is -1.09. The summed E-state index contributed by atoms with van der Waals surface area (Å²) in [6.07, 6.45) is -6.17. The minimum atomic E-state index is -2.82. The van der Waals surface area contributed by atoms with Crippen molar-refractivity contribution >= 4 is 5.78 Å². The molecule has 2 heterocycles. The van der Waals surface area contributed by atoms with Crippen molar-refractivity contribution in [1.29, 1.82) is 1.43 Å². The number of carbonyl (C=O) groups is 1. The summed E-state index contributed by atoms with van der Waals surface area (Å²) >= 11 is 0. The Morgan fingerprint density at radius 1 is 1.57 bits per heavy atom. The Morgan fingerprint density at radius 3 is 3.30 bits per heavy atom. The molecular weight excluding hydrogens is 294 g/mol. The van der Waals surface area contributed by atoms with Crippen LogP contribution in [0.15, 0.2) is 12.1 Å². The van der Waals surface area contributed by atoms with Crippen LogP contribution in [0.1, 0.15) is 39.9 Å². The van der Waals surface area contributed by atoms with Gasteiger partial charge in [0.25, 0.3) is 0 Å². The fourth-order valence-corrected chi connectivity index (χ4v) is 4.87. The number of rotatable bonds is 2. The fraction of sp³-hybridized carbons (Fsp3) is 0.611. The molecule has 2 aliphatic heterocycles. The van der Waals surface area contributed by atoms with Crippen LogP contribution in [-0.2, 0) is 16.6 Å². The lowest BCUT2D eigenvalue weighted by Crippen LogP contribution is -2.76. The molecule has 2 aliphatic carbocycles. The van der Waals surface area contributed by atoms with E-state index in [2.05, 4.69) is 0 Å². The molecule has 1 saturated heterocycles. The molecule has 1 unspecified atom stereocenters. The van der Waals surface area contributed by atoms with E-state index in [4.69, 9.17) is 25.6 Å². The lowest BCUT2D eigenvalue weighted by atomic mass is 9.49. The highest BCUT2D eigenvalue weighted by Gasteiger charge is 2.72. The van der Waals surface area contributed by atoms with Crippen LogP contribution in [0.25, 0.3) is 0 Å². The van der Waals surface area contributed by atoms with Crippen LogP contribution in [0.2, 0.25) is 0 Å². The van der Waals surface area contributed by atoms with E-state index in [0.717, 1.165) is 0 Å². The molecule has 1 aromatic rings. The smallest absolute Gasteiger partial charge is 0.211 e. The summed E-state index contributed by atoms with van der Waals surface area (Å²) < 4.78 is 76.0. The van der Waals surface area contributed by atoms with Crippen LogP contribution in [0.4, 0.5) is 0 Å². The highest BCUT2D eigenvalue weighted by Crippen LogP contribution is 2.64. The summed E-state index contributed by atoms with van der Waals surface area (Å²) in [6, 6.07) is 1.67. The average molecular weight is 323 g/mol. The number of likely N-dealkylation sites (N-methyl/N-ethyl adjacent to an activating group) is 1. The number of nitrogens with zero attached hydrogens (tertiary/aromatic N) is 1. The number of likely N-dealkylation sites (tertiary alicyclic amines) is 1. The van der Waals surface area contributed by atoms with Gasteiger partial charge in [-0.15, -0.1) is 0 Å². The van der Waals surface area contributed by atoms with Gasteiger partial charge in [0, 0.05) is 23.5 Å². The van der Waals surface area contributed by atoms with Crippen LogP contribution in [0, 0.1) is 0 Å². The van der Waals surface area contributed by atoms with E-state index in [1.807, 2.05) is 0 Å². The highest BCUT2D eigenvalue weighted by molar-refractivity contribution is 5.90. The topological polar surface area (TPSA) is 59.0 Å². The minimum absolute atomic E-state index is 0.0852. The molecule has 1 spiro atoms. The molecule has 0 aromatic heterocycles. The predicted molar refractivity (Wildman–Crippen MR) is 83.0 cm³/mol. The second-order valence-corrected chi connectivity index (χ2v) is 6.77. The van der Waals surface area contributed by atoms with Gasteiger partial charge in [0.2, 0.25) is 1.43 Å². The van der Waals surface area contributed by atoms with Crippen molar-refractivity contribution in [1.82, 2.24) is 4.90 Å². The lowest BCUT2D eigenvalue weighted by Gasteiger charge is -2.62. The number of hydrogen-bond acceptors (Lipinski definition) is 5. The first-order valence-corrected chi connectivity index (χ1v) is 7.65. The van der Waals surface area contributed by atoms with Gasteiger partial charge in [0.15, 0.2) is 23.4 Å². The van der Waals surface area contributed by atoms with Crippen LogP contribution >= 0.6 is 0 Å². The maximum atomic E-state index is 13.2. The first-order chi connectivity index (χ1) is 14.2. The normalized spacial score (nSPS) is 50.6. The van der Waals surface area contributed by atoms with Crippen molar-refractivity contribution in [3.63, 3.8) is 0 Å². The third-order valence-electron chi connectivity index (χ3n) is 5.91. The Balaban J connectivity index is 1.89. The molecule has 5 rings (SSSR count). The standard InChI is InChI=1S/C18H21NO4/c1-19-8-7-17-14-10-3-4-12(22-2)15(14)23-16(17)11(20)5-6-18(17,21)13(19)9-10/h3-4,13,16,21H,5-9H2,1-2H3/t13-,16?,17+,18-/m1/s1/i2D3,5D2,9D2,21D. The van der Waals surface area contributed by atoms with E-state index >= 15 is 0 Å². The molecule has 0 amide bonds. The van der Waals surface area contributed by atoms with Crippen molar-refractivity contribution < 1.29 is 29.0 Å². The number of carbonyl (C=O) groups excluding carboxylic acids is 1. The van der Waals surface area contributed by atoms with E-state index in [9.17, 15) is 4.79 Å². The van der Waals surface area contributed by atoms with Gasteiger partial charge in [-0.2, -0.15) is 0 Å². The summed E-state index contributed by atoms with van der Waals surface area (Å²) in [6.45, 7) is 0.356. The predicted octanol–water partition coefficient (Wildman–Crippen LogP) is 1.05. The zero-order valence-electron chi connectivity index (χ0n) is 20.5. The van der Waals surface area contributed by atoms with Crippen molar-refractivity contribution in [2.75, 3.05) is 20.6 Å². The minimum Gasteiger partial charge on any atom is -0.493 e. The Kier molecular flexibility index (Phi) is 1.42. The molecule has 1 saturated carbocycles. The molecule has 5 heteroatoms. The highest BCUT2D eigenvalue weighted by atomic mass is 16.5. The molecule has 122 valence electrons. The molecule has 2 bridgehead atoms. The van der Waals surface area contributed by atoms with Gasteiger partial charge in [-0.1, -0.05) is 6.07 Å². The van der Waals surface area contributed by atoms with E-state index in [1.54, 1.807) is 11.9 Å². The monoisotopic (exact) mass is 323 g/mol. The Labute approximate surface area is 146 Å². The van der Waals surface area contributed by atoms with E-state index < -0.39 is 55.1 Å². The van der Waals surface area contributed by atoms with Gasteiger partial charge in [-0.05, 0) is 44.4 Å². The fourth-order valence-electron chi connectivity index (χ4n) is 4.87. The van der Waals surface area contributed by atoms with Crippen LogP contribution < -0.4 is 9.47 Å². The third-order valence-corrected chi connectivity index (χ3v) is 5.91. The van der Waals surface area contributed by atoms with Gasteiger partial charge in [0.05, 0.1) is 22.2 Å². The lowest BCUT2D eigenvalue weighted by molar-refractivity contribution is -0.185. The second-order valence-electron chi connectivity index (χ2n) is 6.77. The molecule has 2 fully saturated rings. The molecule has 5 nitrogen and oxygen atoms in total. The van der Waals surface area contributed by atoms with Gasteiger partial charge in [0.1, 0.15) is 0 Å². The molecule has 4 atom stereocenters. The van der Waals surface area contributed by atoms with Crippen LogP contribution in [0.5, 0.6) is 11.5 Å². The number of ether oxygens (including phenoxy) is 2. The SMILES string of the molecule is [2H]O[C@@]12CC([2H])([2H])C(=O)C3Oc4c(OC([2H])([2H])[2H])ccc5c4[C@@]31CCN(C)[C@@H]2C5([2H])[2H]. The second kappa shape index (κ2) is 4.08. The Morgan fingerprint density at radius 2 is 2.48 bits per heavy atom. The number of ketones is 1. The summed E-state index contributed by atoms with van der Waals surface area (Å²) in [5, 5.41) is 5.28. The van der Waals surface area contributed by atoms with E-state index in [-0.39, 0.29) is 29.0 Å². The van der Waals surface area contributed by atoms with Gasteiger partial charge < -0.3 is 19.5 Å². The summed E-state index contributed by atoms with van der Waals surface area (Å²) in [7, 11) is -1.13. The zero-order chi connectivity index (χ0) is 22.8. The number of hydrogen-bond donors (Lipinski definition) is 1. The largest absolute Gasteiger partial charge is 0.493 e. The van der Waals surface area contributed by atoms with E-state index in [1.165, 1.54) is 12.1 Å². The molecule has 1 N–H and O–H groups in total. The quantitative estimate of drug-likeness (QED) is 0.881. The maximum absolute atomic E-state index is 13.2. The third kappa shape index (κ3) is 1.32. The van der Waals surface area contributed by atoms with Gasteiger partial charge >= 0.3 is 0 Å². The van der Waals surface area contributed by atoms with Gasteiger partial charge in [-0.3, -0.25) is 4.79 Å². The number of Topliss-reactive ketones (excluding diaryl/α,β-unsaturated/α-hetero) is 1. The number of piperidine rings is 1. The molecule has 4 aliphatic rings. The van der Waals surface area contributed by atoms with Crippen molar-refractivity contribution in [2.45, 2.75) is 48.7 Å². The van der Waals surface area contributed by atoms with Crippen LogP contribution in [0.3, 0.4) is 0 Å². The summed E-state index contributed by atoms with van der Waals surface area (Å²) in [4.78, 5) is 14.9. The van der Waals surface area contributed by atoms with Crippen LogP contribution in [-0.4, -0.2) is 55.6 Å². The summed E-state index contributed by atoms with van der Waals surface area (Å²) in [5.41, 5.74) is -2.60. The van der Waals surface area contributed by atoms with Crippen molar-refractivity contribution in [3.05, 3.63) is 23.3 Å².